The molecule has 0 unspecified atom stereocenters. The van der Waals surface area contributed by atoms with Crippen LogP contribution < -0.4 is 14.8 Å². The maximum Gasteiger partial charge on any atom is 0.257 e. The number of halogens is 3. The molecule has 0 aliphatic carbocycles. The highest BCUT2D eigenvalue weighted by atomic mass is 35.5. The monoisotopic (exact) mass is 504 g/mol. The summed E-state index contributed by atoms with van der Waals surface area (Å²) in [6.45, 7) is 2.85. The highest BCUT2D eigenvalue weighted by Crippen LogP contribution is 2.38. The first-order valence-electron chi connectivity index (χ1n) is 10.5. The standard InChI is InChI=1S/C25H23Cl3N2O3/c1-3-10-30-24(29-21-7-5-4-6-18(21)25(30)31)15-8-9-22(32-2)16(11-15)14-33-23-19(27)12-17(26)13-20(23)28/h4-9,11-13,24,29H,3,10,14H2,1-2H3/t24-/m1/s1. The average molecular weight is 506 g/mol. The van der Waals surface area contributed by atoms with Gasteiger partial charge in [-0.1, -0.05) is 59.9 Å². The second-order valence-corrected chi connectivity index (χ2v) is 8.90. The Balaban J connectivity index is 1.66. The number of hydrogen-bond donors (Lipinski definition) is 1. The van der Waals surface area contributed by atoms with Crippen molar-refractivity contribution in [1.82, 2.24) is 4.90 Å². The fourth-order valence-corrected chi connectivity index (χ4v) is 4.85. The van der Waals surface area contributed by atoms with Crippen molar-refractivity contribution in [3.05, 3.63) is 86.4 Å². The Morgan fingerprint density at radius 1 is 1.03 bits per heavy atom. The second kappa shape index (κ2) is 10.1. The number of nitrogens with zero attached hydrogens (tertiary/aromatic N) is 1. The third-order valence-electron chi connectivity index (χ3n) is 5.44. The largest absolute Gasteiger partial charge is 0.496 e. The summed E-state index contributed by atoms with van der Waals surface area (Å²) in [5, 5.41) is 4.59. The molecule has 0 fully saturated rings. The van der Waals surface area contributed by atoms with Crippen molar-refractivity contribution in [2.75, 3.05) is 19.0 Å². The van der Waals surface area contributed by atoms with Crippen molar-refractivity contribution in [3.8, 4) is 11.5 Å². The molecule has 0 spiro atoms. The highest BCUT2D eigenvalue weighted by molar-refractivity contribution is 6.40. The minimum absolute atomic E-state index is 0.00421. The van der Waals surface area contributed by atoms with Crippen LogP contribution in [0.4, 0.5) is 5.69 Å². The summed E-state index contributed by atoms with van der Waals surface area (Å²) >= 11 is 18.5. The molecule has 3 aromatic rings. The SMILES string of the molecule is CCCN1C(=O)c2ccccc2N[C@H]1c1ccc(OC)c(COc2c(Cl)cc(Cl)cc2Cl)c1. The minimum Gasteiger partial charge on any atom is -0.496 e. The van der Waals surface area contributed by atoms with Gasteiger partial charge in [0.15, 0.2) is 5.75 Å². The van der Waals surface area contributed by atoms with E-state index in [0.717, 1.165) is 23.2 Å². The van der Waals surface area contributed by atoms with E-state index >= 15 is 0 Å². The lowest BCUT2D eigenvalue weighted by molar-refractivity contribution is 0.0683. The van der Waals surface area contributed by atoms with Crippen LogP contribution in [0.3, 0.4) is 0 Å². The number of nitrogens with one attached hydrogen (secondary N) is 1. The molecule has 1 amide bonds. The van der Waals surface area contributed by atoms with Crippen LogP contribution in [0.2, 0.25) is 15.1 Å². The van der Waals surface area contributed by atoms with Crippen LogP contribution in [0.25, 0.3) is 0 Å². The lowest BCUT2D eigenvalue weighted by Crippen LogP contribution is -2.43. The molecule has 172 valence electrons. The Bertz CT molecular complexity index is 1160. The predicted octanol–water partition coefficient (Wildman–Crippen LogP) is 7.21. The van der Waals surface area contributed by atoms with Crippen molar-refractivity contribution in [2.24, 2.45) is 0 Å². The number of para-hydroxylation sites is 1. The van der Waals surface area contributed by atoms with E-state index in [0.29, 0.717) is 38.7 Å². The normalized spacial score (nSPS) is 15.1. The molecule has 0 bridgehead atoms. The van der Waals surface area contributed by atoms with Crippen molar-refractivity contribution >= 4 is 46.4 Å². The van der Waals surface area contributed by atoms with E-state index in [1.807, 2.05) is 47.4 Å². The lowest BCUT2D eigenvalue weighted by Gasteiger charge is -2.38. The average Bonchev–Trinajstić information content (AvgIpc) is 2.80. The van der Waals surface area contributed by atoms with Gasteiger partial charge >= 0.3 is 0 Å². The summed E-state index contributed by atoms with van der Waals surface area (Å²) < 4.78 is 11.5. The predicted molar refractivity (Wildman–Crippen MR) is 133 cm³/mol. The number of rotatable bonds is 7. The van der Waals surface area contributed by atoms with Gasteiger partial charge in [0.05, 0.1) is 22.7 Å². The molecule has 1 aliphatic rings. The van der Waals surface area contributed by atoms with Gasteiger partial charge in [0.2, 0.25) is 0 Å². The number of anilines is 1. The van der Waals surface area contributed by atoms with Crippen LogP contribution in [0.1, 0.15) is 41.0 Å². The Hall–Kier alpha value is -2.60. The number of benzene rings is 3. The van der Waals surface area contributed by atoms with Crippen LogP contribution >= 0.6 is 34.8 Å². The van der Waals surface area contributed by atoms with Gasteiger partial charge in [-0.15, -0.1) is 0 Å². The zero-order chi connectivity index (χ0) is 23.5. The van der Waals surface area contributed by atoms with E-state index in [2.05, 4.69) is 12.2 Å². The Labute approximate surface area is 208 Å². The van der Waals surface area contributed by atoms with Crippen LogP contribution in [0.5, 0.6) is 11.5 Å². The van der Waals surface area contributed by atoms with Gasteiger partial charge in [-0.05, 0) is 48.4 Å². The van der Waals surface area contributed by atoms with Gasteiger partial charge in [-0.25, -0.2) is 0 Å². The van der Waals surface area contributed by atoms with E-state index < -0.39 is 0 Å². The first-order valence-corrected chi connectivity index (χ1v) is 11.7. The van der Waals surface area contributed by atoms with Crippen LogP contribution in [-0.2, 0) is 6.61 Å². The third-order valence-corrected chi connectivity index (χ3v) is 6.22. The Kier molecular flexibility index (Phi) is 7.23. The molecule has 0 aromatic heterocycles. The van der Waals surface area contributed by atoms with Gasteiger partial charge < -0.3 is 19.7 Å². The maximum atomic E-state index is 13.2. The van der Waals surface area contributed by atoms with E-state index in [4.69, 9.17) is 44.3 Å². The molecule has 5 nitrogen and oxygen atoms in total. The molecule has 1 atom stereocenters. The number of fused-ring (bicyclic) bond motifs is 1. The molecular weight excluding hydrogens is 483 g/mol. The van der Waals surface area contributed by atoms with Gasteiger partial charge in [-0.3, -0.25) is 4.79 Å². The number of carbonyl (C=O) groups is 1. The van der Waals surface area contributed by atoms with Crippen molar-refractivity contribution < 1.29 is 14.3 Å². The second-order valence-electron chi connectivity index (χ2n) is 7.65. The molecule has 1 N–H and O–H groups in total. The Morgan fingerprint density at radius 3 is 2.45 bits per heavy atom. The van der Waals surface area contributed by atoms with E-state index in [-0.39, 0.29) is 18.7 Å². The van der Waals surface area contributed by atoms with Gasteiger partial charge in [0.25, 0.3) is 5.91 Å². The van der Waals surface area contributed by atoms with Crippen molar-refractivity contribution in [3.63, 3.8) is 0 Å². The highest BCUT2D eigenvalue weighted by Gasteiger charge is 2.32. The van der Waals surface area contributed by atoms with E-state index in [1.165, 1.54) is 0 Å². The number of methoxy groups -OCH3 is 1. The molecular formula is C25H23Cl3N2O3. The Morgan fingerprint density at radius 2 is 1.76 bits per heavy atom. The summed E-state index contributed by atoms with van der Waals surface area (Å²) in [6.07, 6.45) is 0.519. The number of ether oxygens (including phenoxy) is 2. The summed E-state index contributed by atoms with van der Waals surface area (Å²) in [7, 11) is 1.60. The zero-order valence-electron chi connectivity index (χ0n) is 18.2. The van der Waals surface area contributed by atoms with Crippen LogP contribution in [0, 0.1) is 0 Å². The van der Waals surface area contributed by atoms with Gasteiger partial charge in [-0.2, -0.15) is 0 Å². The quantitative estimate of drug-likeness (QED) is 0.368. The summed E-state index contributed by atoms with van der Waals surface area (Å²) in [6, 6.07) is 16.5. The smallest absolute Gasteiger partial charge is 0.257 e. The molecule has 1 heterocycles. The van der Waals surface area contributed by atoms with Crippen LogP contribution in [0.15, 0.2) is 54.6 Å². The first-order chi connectivity index (χ1) is 15.9. The number of carbonyl (C=O) groups excluding carboxylic acids is 1. The first kappa shape index (κ1) is 23.6. The number of amides is 1. The zero-order valence-corrected chi connectivity index (χ0v) is 20.5. The molecule has 0 radical (unpaired) electrons. The summed E-state index contributed by atoms with van der Waals surface area (Å²) in [5.41, 5.74) is 3.19. The fraction of sp³-hybridized carbons (Fsp3) is 0.240. The number of hydrogen-bond acceptors (Lipinski definition) is 4. The van der Waals surface area contributed by atoms with E-state index in [9.17, 15) is 4.79 Å². The molecule has 4 rings (SSSR count). The molecule has 33 heavy (non-hydrogen) atoms. The van der Waals surface area contributed by atoms with Gasteiger partial charge in [0.1, 0.15) is 18.5 Å². The van der Waals surface area contributed by atoms with E-state index in [1.54, 1.807) is 19.2 Å². The molecule has 1 aliphatic heterocycles. The van der Waals surface area contributed by atoms with Crippen molar-refractivity contribution in [2.45, 2.75) is 26.1 Å². The minimum atomic E-state index is -0.320. The summed E-state index contributed by atoms with van der Waals surface area (Å²) in [5.74, 6) is 1.01. The van der Waals surface area contributed by atoms with Crippen LogP contribution in [-0.4, -0.2) is 24.5 Å². The molecule has 0 saturated heterocycles. The molecule has 0 saturated carbocycles. The lowest BCUT2D eigenvalue weighted by atomic mass is 10.0. The summed E-state index contributed by atoms with van der Waals surface area (Å²) in [4.78, 5) is 15.1. The maximum absolute atomic E-state index is 13.2. The third kappa shape index (κ3) is 4.86. The molecule has 8 heteroatoms. The molecule has 3 aromatic carbocycles. The van der Waals surface area contributed by atoms with Gasteiger partial charge in [0, 0.05) is 22.8 Å². The fourth-order valence-electron chi connectivity index (χ4n) is 3.93. The topological polar surface area (TPSA) is 50.8 Å². The van der Waals surface area contributed by atoms with Crippen molar-refractivity contribution in [1.29, 1.82) is 0 Å².